The fraction of sp³-hybridized carbons (Fsp3) is 0.583. The molecule has 0 bridgehead atoms. The summed E-state index contributed by atoms with van der Waals surface area (Å²) in [6, 6.07) is 0. The fourth-order valence-corrected chi connectivity index (χ4v) is 1.44. The summed E-state index contributed by atoms with van der Waals surface area (Å²) in [5.41, 5.74) is 5.72. The maximum absolute atomic E-state index is 5.89. The van der Waals surface area contributed by atoms with E-state index in [0.29, 0.717) is 5.84 Å². The van der Waals surface area contributed by atoms with Crippen molar-refractivity contribution >= 4 is 13.0 Å². The van der Waals surface area contributed by atoms with E-state index in [4.69, 9.17) is 15.0 Å². The number of nitrogens with two attached hydrogens (primary N) is 1. The molecular formula is C12H21BN2O2. The van der Waals surface area contributed by atoms with Gasteiger partial charge in [0, 0.05) is 7.05 Å². The highest BCUT2D eigenvalue weighted by Gasteiger charge is 2.51. The van der Waals surface area contributed by atoms with Gasteiger partial charge in [-0.1, -0.05) is 12.7 Å². The van der Waals surface area contributed by atoms with Crippen LogP contribution >= 0.6 is 0 Å². The number of allylic oxidation sites excluding steroid dienone is 2. The molecule has 5 heteroatoms. The molecule has 0 atom stereocenters. The molecule has 0 radical (unpaired) electrons. The Kier molecular flexibility index (Phi) is 3.84. The van der Waals surface area contributed by atoms with Gasteiger partial charge in [-0.2, -0.15) is 0 Å². The van der Waals surface area contributed by atoms with E-state index in [1.165, 1.54) is 0 Å². The monoisotopic (exact) mass is 236 g/mol. The molecule has 0 spiro atoms. The molecular weight excluding hydrogens is 215 g/mol. The van der Waals surface area contributed by atoms with Crippen LogP contribution in [0.1, 0.15) is 27.7 Å². The number of hydrogen-bond donors (Lipinski definition) is 1. The van der Waals surface area contributed by atoms with Gasteiger partial charge in [-0.15, -0.1) is 0 Å². The number of aliphatic imine (C=N–C) groups is 1. The summed E-state index contributed by atoms with van der Waals surface area (Å²) in [5, 5.41) is 0. The molecule has 0 aromatic heterocycles. The van der Waals surface area contributed by atoms with E-state index in [0.717, 1.165) is 5.47 Å². The van der Waals surface area contributed by atoms with Gasteiger partial charge in [-0.3, -0.25) is 4.99 Å². The zero-order valence-electron chi connectivity index (χ0n) is 11.3. The van der Waals surface area contributed by atoms with Gasteiger partial charge in [0.25, 0.3) is 0 Å². The van der Waals surface area contributed by atoms with Gasteiger partial charge in [0.1, 0.15) is 5.84 Å². The van der Waals surface area contributed by atoms with Crippen LogP contribution in [0.4, 0.5) is 0 Å². The Morgan fingerprint density at radius 2 is 1.71 bits per heavy atom. The maximum atomic E-state index is 5.89. The quantitative estimate of drug-likeness (QED) is 0.351. The molecule has 0 aromatic carbocycles. The van der Waals surface area contributed by atoms with Crippen LogP contribution in [0.5, 0.6) is 0 Å². The minimum atomic E-state index is -0.446. The van der Waals surface area contributed by atoms with E-state index in [9.17, 15) is 0 Å². The topological polar surface area (TPSA) is 56.8 Å². The van der Waals surface area contributed by atoms with Crippen molar-refractivity contribution in [3.8, 4) is 0 Å². The predicted octanol–water partition coefficient (Wildman–Crippen LogP) is 1.72. The number of amidine groups is 1. The molecule has 1 rings (SSSR count). The summed E-state index contributed by atoms with van der Waals surface area (Å²) in [4.78, 5) is 3.88. The zero-order valence-corrected chi connectivity index (χ0v) is 11.3. The lowest BCUT2D eigenvalue weighted by Crippen LogP contribution is -2.41. The van der Waals surface area contributed by atoms with Crippen molar-refractivity contribution in [3.63, 3.8) is 0 Å². The molecule has 0 aromatic rings. The van der Waals surface area contributed by atoms with E-state index < -0.39 is 7.12 Å². The molecule has 1 fully saturated rings. The van der Waals surface area contributed by atoms with Gasteiger partial charge in [-0.05, 0) is 39.2 Å². The summed E-state index contributed by atoms with van der Waals surface area (Å²) in [6.45, 7) is 11.8. The van der Waals surface area contributed by atoms with Crippen LogP contribution in [0, 0.1) is 0 Å². The van der Waals surface area contributed by atoms with Crippen molar-refractivity contribution < 1.29 is 9.31 Å². The van der Waals surface area contributed by atoms with Crippen molar-refractivity contribution in [2.45, 2.75) is 38.9 Å². The van der Waals surface area contributed by atoms with Gasteiger partial charge in [0.05, 0.1) is 11.2 Å². The van der Waals surface area contributed by atoms with Gasteiger partial charge >= 0.3 is 7.12 Å². The molecule has 0 aliphatic carbocycles. The van der Waals surface area contributed by atoms with E-state index in [1.807, 2.05) is 27.7 Å². The van der Waals surface area contributed by atoms with E-state index in [2.05, 4.69) is 11.6 Å². The first kappa shape index (κ1) is 14.0. The summed E-state index contributed by atoms with van der Waals surface area (Å²) in [7, 11) is 1.19. The number of hydrogen-bond acceptors (Lipinski definition) is 3. The lowest BCUT2D eigenvalue weighted by molar-refractivity contribution is 0.00578. The third kappa shape index (κ3) is 2.79. The Bertz CT molecular complexity index is 357. The smallest absolute Gasteiger partial charge is 0.399 e. The standard InChI is InChI=1S/C12H21BN2O2/c1-7-9(8-10(14)15-6)13-16-11(2,3)12(4,5)17-13/h7-8H,1H2,2-6H3,(H2,14,15)/b9-8+. The Hall–Kier alpha value is -1.07. The van der Waals surface area contributed by atoms with Gasteiger partial charge in [0.2, 0.25) is 0 Å². The average molecular weight is 236 g/mol. The normalized spacial score (nSPS) is 23.9. The summed E-state index contributed by atoms with van der Waals surface area (Å²) in [6.07, 6.45) is 3.40. The zero-order chi connectivity index (χ0) is 13.3. The maximum Gasteiger partial charge on any atom is 0.494 e. The first-order chi connectivity index (χ1) is 7.73. The number of rotatable bonds is 3. The van der Waals surface area contributed by atoms with Crippen molar-refractivity contribution in [3.05, 3.63) is 24.2 Å². The molecule has 0 saturated carbocycles. The molecule has 1 saturated heterocycles. The lowest BCUT2D eigenvalue weighted by Gasteiger charge is -2.32. The summed E-state index contributed by atoms with van der Waals surface area (Å²) >= 11 is 0. The molecule has 1 aliphatic heterocycles. The first-order valence-corrected chi connectivity index (χ1v) is 5.65. The first-order valence-electron chi connectivity index (χ1n) is 5.65. The Labute approximate surface area is 104 Å². The van der Waals surface area contributed by atoms with Crippen LogP contribution < -0.4 is 5.73 Å². The second kappa shape index (κ2) is 4.66. The third-order valence-corrected chi connectivity index (χ3v) is 3.33. The largest absolute Gasteiger partial charge is 0.494 e. The highest BCUT2D eigenvalue weighted by Crippen LogP contribution is 2.38. The van der Waals surface area contributed by atoms with Crippen LogP contribution in [-0.2, 0) is 9.31 Å². The highest BCUT2D eigenvalue weighted by molar-refractivity contribution is 6.56. The van der Waals surface area contributed by atoms with E-state index >= 15 is 0 Å². The average Bonchev–Trinajstić information content (AvgIpc) is 2.44. The van der Waals surface area contributed by atoms with Crippen molar-refractivity contribution in [2.75, 3.05) is 7.05 Å². The van der Waals surface area contributed by atoms with Crippen molar-refractivity contribution in [1.82, 2.24) is 0 Å². The highest BCUT2D eigenvalue weighted by atomic mass is 16.7. The molecule has 1 aliphatic rings. The third-order valence-electron chi connectivity index (χ3n) is 3.33. The Morgan fingerprint density at radius 3 is 2.06 bits per heavy atom. The minimum Gasteiger partial charge on any atom is -0.399 e. The summed E-state index contributed by atoms with van der Waals surface area (Å²) in [5.74, 6) is 0.426. The van der Waals surface area contributed by atoms with Gasteiger partial charge < -0.3 is 15.0 Å². The van der Waals surface area contributed by atoms with Crippen LogP contribution in [-0.4, -0.2) is 31.2 Å². The van der Waals surface area contributed by atoms with Gasteiger partial charge in [0.15, 0.2) is 0 Å². The molecule has 17 heavy (non-hydrogen) atoms. The molecule has 2 N–H and O–H groups in total. The van der Waals surface area contributed by atoms with Crippen LogP contribution in [0.15, 0.2) is 29.2 Å². The molecule has 0 amide bonds. The Balaban J connectivity index is 2.97. The fourth-order valence-electron chi connectivity index (χ4n) is 1.44. The lowest BCUT2D eigenvalue weighted by atomic mass is 9.78. The van der Waals surface area contributed by atoms with E-state index in [1.54, 1.807) is 19.2 Å². The minimum absolute atomic E-state index is 0.363. The Morgan fingerprint density at radius 1 is 1.24 bits per heavy atom. The second-order valence-corrected chi connectivity index (χ2v) is 5.09. The number of nitrogens with zero attached hydrogens (tertiary/aromatic N) is 1. The van der Waals surface area contributed by atoms with E-state index in [-0.39, 0.29) is 11.2 Å². The SMILES string of the molecule is C=C/C(=C\C(N)=NC)B1OC(C)(C)C(C)(C)O1. The van der Waals surface area contributed by atoms with Crippen LogP contribution in [0.2, 0.25) is 0 Å². The molecule has 0 unspecified atom stereocenters. The second-order valence-electron chi connectivity index (χ2n) is 5.09. The molecule has 4 nitrogen and oxygen atoms in total. The van der Waals surface area contributed by atoms with Crippen molar-refractivity contribution in [1.29, 1.82) is 0 Å². The molecule has 1 heterocycles. The predicted molar refractivity (Wildman–Crippen MR) is 71.9 cm³/mol. The molecule has 94 valence electrons. The van der Waals surface area contributed by atoms with Crippen LogP contribution in [0.3, 0.4) is 0 Å². The van der Waals surface area contributed by atoms with Gasteiger partial charge in [-0.25, -0.2) is 0 Å². The summed E-state index contributed by atoms with van der Waals surface area (Å²) < 4.78 is 11.8. The van der Waals surface area contributed by atoms with Crippen molar-refractivity contribution in [2.24, 2.45) is 10.7 Å². The van der Waals surface area contributed by atoms with Crippen LogP contribution in [0.25, 0.3) is 0 Å².